The van der Waals surface area contributed by atoms with Crippen LogP contribution in [-0.4, -0.2) is 36.9 Å². The molecule has 3 rings (SSSR count). The zero-order chi connectivity index (χ0) is 22.2. The van der Waals surface area contributed by atoms with Crippen molar-refractivity contribution >= 4 is 23.2 Å². The lowest BCUT2D eigenvalue weighted by molar-refractivity contribution is -0.148. The molecular formula is C24H31NO5. The Hall–Kier alpha value is -2.47. The lowest BCUT2D eigenvalue weighted by atomic mass is 9.90. The quantitative estimate of drug-likeness (QED) is 0.748. The molecule has 6 nitrogen and oxygen atoms in total. The molecule has 0 saturated carbocycles. The van der Waals surface area contributed by atoms with Gasteiger partial charge in [-0.05, 0) is 58.2 Å². The van der Waals surface area contributed by atoms with Crippen LogP contribution in [0.4, 0.5) is 0 Å². The van der Waals surface area contributed by atoms with Crippen LogP contribution in [-0.2, 0) is 23.9 Å². The van der Waals surface area contributed by atoms with Crippen molar-refractivity contribution in [1.82, 2.24) is 5.32 Å². The van der Waals surface area contributed by atoms with E-state index in [1.807, 2.05) is 32.9 Å². The topological polar surface area (TPSA) is 81.7 Å². The summed E-state index contributed by atoms with van der Waals surface area (Å²) in [5.74, 6) is -0.867. The normalized spacial score (nSPS) is 19.7. The van der Waals surface area contributed by atoms with E-state index in [9.17, 15) is 14.4 Å². The van der Waals surface area contributed by atoms with E-state index in [-0.39, 0.29) is 36.5 Å². The molecule has 0 aromatic heterocycles. The largest absolute Gasteiger partial charge is 0.430 e. The van der Waals surface area contributed by atoms with Crippen molar-refractivity contribution in [3.8, 4) is 0 Å². The first kappa shape index (κ1) is 22.2. The fraction of sp³-hybridized carbons (Fsp3) is 0.542. The molecule has 1 amide bonds. The number of ketones is 1. The Bertz CT molecular complexity index is 895. The number of hydrogen-bond donors (Lipinski definition) is 1. The van der Waals surface area contributed by atoms with Gasteiger partial charge < -0.3 is 14.8 Å². The molecule has 1 aliphatic carbocycles. The minimum atomic E-state index is -0.696. The number of allylic oxidation sites excluding steroid dienone is 2. The maximum absolute atomic E-state index is 13.4. The highest BCUT2D eigenvalue weighted by molar-refractivity contribution is 6.26. The van der Waals surface area contributed by atoms with Gasteiger partial charge in [0.05, 0.1) is 30.2 Å². The lowest BCUT2D eigenvalue weighted by Gasteiger charge is -2.27. The number of ether oxygens (including phenoxy) is 2. The third-order valence-electron chi connectivity index (χ3n) is 5.52. The predicted octanol–water partition coefficient (Wildman–Crippen LogP) is 3.41. The van der Waals surface area contributed by atoms with Crippen molar-refractivity contribution < 1.29 is 23.9 Å². The Labute approximate surface area is 178 Å². The third-order valence-corrected chi connectivity index (χ3v) is 5.52. The highest BCUT2D eigenvalue weighted by Gasteiger charge is 2.40. The molecule has 162 valence electrons. The number of aryl methyl sites for hydroxylation is 3. The molecule has 1 saturated heterocycles. The van der Waals surface area contributed by atoms with E-state index in [1.54, 1.807) is 20.8 Å². The van der Waals surface area contributed by atoms with E-state index in [0.29, 0.717) is 24.5 Å². The van der Waals surface area contributed by atoms with Crippen LogP contribution in [0.25, 0.3) is 5.57 Å². The van der Waals surface area contributed by atoms with Crippen LogP contribution in [0.15, 0.2) is 17.9 Å². The summed E-state index contributed by atoms with van der Waals surface area (Å²) < 4.78 is 10.8. The predicted molar refractivity (Wildman–Crippen MR) is 114 cm³/mol. The minimum Gasteiger partial charge on any atom is -0.430 e. The van der Waals surface area contributed by atoms with Crippen molar-refractivity contribution in [3.63, 3.8) is 0 Å². The van der Waals surface area contributed by atoms with Crippen molar-refractivity contribution in [3.05, 3.63) is 40.1 Å². The first-order valence-corrected chi connectivity index (χ1v) is 10.4. The van der Waals surface area contributed by atoms with Crippen molar-refractivity contribution in [2.24, 2.45) is 11.3 Å². The number of benzene rings is 1. The number of nitrogens with one attached hydrogen (secondary N) is 1. The van der Waals surface area contributed by atoms with Crippen LogP contribution in [0.2, 0.25) is 0 Å². The van der Waals surface area contributed by atoms with Crippen LogP contribution >= 0.6 is 0 Å². The van der Waals surface area contributed by atoms with E-state index < -0.39 is 11.3 Å². The fourth-order valence-corrected chi connectivity index (χ4v) is 3.95. The smallest absolute Gasteiger partial charge is 0.316 e. The summed E-state index contributed by atoms with van der Waals surface area (Å²) >= 11 is 0. The molecular weight excluding hydrogens is 382 g/mol. The van der Waals surface area contributed by atoms with E-state index in [4.69, 9.17) is 9.47 Å². The Morgan fingerprint density at radius 2 is 1.73 bits per heavy atom. The molecule has 2 aliphatic rings. The molecule has 30 heavy (non-hydrogen) atoms. The monoisotopic (exact) mass is 413 g/mol. The molecule has 0 radical (unpaired) electrons. The highest BCUT2D eigenvalue weighted by atomic mass is 16.5. The number of carbonyl (C=O) groups excluding carboxylic acids is 3. The van der Waals surface area contributed by atoms with Crippen LogP contribution in [0.5, 0.6) is 0 Å². The zero-order valence-corrected chi connectivity index (χ0v) is 18.7. The number of amides is 1. The molecule has 1 aromatic carbocycles. The lowest BCUT2D eigenvalue weighted by Crippen LogP contribution is -2.49. The number of rotatable bonds is 5. The van der Waals surface area contributed by atoms with Gasteiger partial charge in [-0.15, -0.1) is 0 Å². The molecule has 1 N–H and O–H groups in total. The van der Waals surface area contributed by atoms with Gasteiger partial charge >= 0.3 is 5.97 Å². The average molecular weight is 414 g/mol. The van der Waals surface area contributed by atoms with Gasteiger partial charge in [0, 0.05) is 18.8 Å². The second-order valence-corrected chi connectivity index (χ2v) is 9.48. The standard InChI is InChI=1S/C24H31NO5/c1-13-7-14(2)20(15(3)8-13)21-18(30-23(28)24(4,5)6)9-16(22(21)27)10-19(26)25-17-11-29-12-17/h7-8,16-17H,9-12H2,1-6H3,(H,25,26). The minimum absolute atomic E-state index is 0.0150. The summed E-state index contributed by atoms with van der Waals surface area (Å²) in [5.41, 5.74) is 3.56. The van der Waals surface area contributed by atoms with Gasteiger partial charge in [0.1, 0.15) is 5.76 Å². The third kappa shape index (κ3) is 4.64. The Kier molecular flexibility index (Phi) is 6.18. The first-order chi connectivity index (χ1) is 14.0. The van der Waals surface area contributed by atoms with Crippen LogP contribution in [0.3, 0.4) is 0 Å². The second kappa shape index (κ2) is 8.34. The second-order valence-electron chi connectivity index (χ2n) is 9.48. The summed E-state index contributed by atoms with van der Waals surface area (Å²) in [6, 6.07) is 4.05. The average Bonchev–Trinajstić information content (AvgIpc) is 2.85. The summed E-state index contributed by atoms with van der Waals surface area (Å²) in [4.78, 5) is 38.4. The zero-order valence-electron chi connectivity index (χ0n) is 18.7. The Morgan fingerprint density at radius 1 is 1.13 bits per heavy atom. The van der Waals surface area contributed by atoms with E-state index >= 15 is 0 Å². The molecule has 1 aliphatic heterocycles. The van der Waals surface area contributed by atoms with Gasteiger partial charge in [-0.25, -0.2) is 0 Å². The van der Waals surface area contributed by atoms with Gasteiger partial charge in [0.25, 0.3) is 0 Å². The van der Waals surface area contributed by atoms with E-state index in [1.165, 1.54) is 0 Å². The summed E-state index contributed by atoms with van der Waals surface area (Å²) in [7, 11) is 0. The van der Waals surface area contributed by atoms with Crippen molar-refractivity contribution in [1.29, 1.82) is 0 Å². The molecule has 1 unspecified atom stereocenters. The molecule has 1 aromatic rings. The number of esters is 1. The molecule has 0 spiro atoms. The van der Waals surface area contributed by atoms with E-state index in [2.05, 4.69) is 5.32 Å². The summed E-state index contributed by atoms with van der Waals surface area (Å²) in [5, 5.41) is 2.89. The SMILES string of the molecule is Cc1cc(C)c(C2=C(OC(=O)C(C)(C)C)CC(CC(=O)NC3COC3)C2=O)c(C)c1. The molecule has 0 bridgehead atoms. The van der Waals surface area contributed by atoms with Crippen LogP contribution in [0, 0.1) is 32.1 Å². The van der Waals surface area contributed by atoms with Crippen LogP contribution in [0.1, 0.15) is 55.9 Å². The van der Waals surface area contributed by atoms with E-state index in [0.717, 1.165) is 22.3 Å². The molecule has 6 heteroatoms. The van der Waals surface area contributed by atoms with Crippen molar-refractivity contribution in [2.75, 3.05) is 13.2 Å². The number of carbonyl (C=O) groups is 3. The number of Topliss-reactive ketones (excluding diaryl/α,β-unsaturated/α-hetero) is 1. The maximum atomic E-state index is 13.4. The molecule has 1 fully saturated rings. The highest BCUT2D eigenvalue weighted by Crippen LogP contribution is 2.40. The Balaban J connectivity index is 1.92. The fourth-order valence-electron chi connectivity index (χ4n) is 3.95. The number of hydrogen-bond acceptors (Lipinski definition) is 5. The molecule has 1 atom stereocenters. The first-order valence-electron chi connectivity index (χ1n) is 10.4. The van der Waals surface area contributed by atoms with Gasteiger partial charge in [-0.1, -0.05) is 17.7 Å². The molecule has 1 heterocycles. The van der Waals surface area contributed by atoms with Gasteiger partial charge in [0.2, 0.25) is 5.91 Å². The van der Waals surface area contributed by atoms with Crippen LogP contribution < -0.4 is 5.32 Å². The van der Waals surface area contributed by atoms with Crippen molar-refractivity contribution in [2.45, 2.75) is 60.4 Å². The summed E-state index contributed by atoms with van der Waals surface area (Å²) in [6.07, 6.45) is 0.316. The van der Waals surface area contributed by atoms with Gasteiger partial charge in [0.15, 0.2) is 5.78 Å². The Morgan fingerprint density at radius 3 is 2.23 bits per heavy atom. The van der Waals surface area contributed by atoms with Gasteiger partial charge in [-0.3, -0.25) is 14.4 Å². The summed E-state index contributed by atoms with van der Waals surface area (Å²) in [6.45, 7) is 12.3. The van der Waals surface area contributed by atoms with Gasteiger partial charge in [-0.2, -0.15) is 0 Å². The maximum Gasteiger partial charge on any atom is 0.316 e.